The van der Waals surface area contributed by atoms with Crippen molar-refractivity contribution >= 4 is 17.6 Å². The lowest BCUT2D eigenvalue weighted by Gasteiger charge is -2.22. The second-order valence-corrected chi connectivity index (χ2v) is 5.87. The van der Waals surface area contributed by atoms with Gasteiger partial charge in [-0.25, -0.2) is 9.18 Å². The fourth-order valence-electron chi connectivity index (χ4n) is 2.59. The first-order chi connectivity index (χ1) is 10.4. The zero-order valence-corrected chi connectivity index (χ0v) is 12.7. The van der Waals surface area contributed by atoms with Crippen LogP contribution in [-0.2, 0) is 4.79 Å². The molecule has 0 spiro atoms. The molecule has 0 radical (unpaired) electrons. The average molecular weight is 308 g/mol. The zero-order valence-electron chi connectivity index (χ0n) is 12.7. The summed E-state index contributed by atoms with van der Waals surface area (Å²) in [7, 11) is 0. The van der Waals surface area contributed by atoms with E-state index in [0.717, 1.165) is 0 Å². The molecule has 3 amide bonds. The molecule has 0 saturated carbocycles. The molecule has 120 valence electrons. The third-order valence-corrected chi connectivity index (χ3v) is 4.04. The number of hydrogen-bond donors (Lipinski definition) is 3. The monoisotopic (exact) mass is 308 g/mol. The number of primary amides is 1. The number of hydrazine groups is 1. The summed E-state index contributed by atoms with van der Waals surface area (Å²) < 4.78 is 12.8. The summed E-state index contributed by atoms with van der Waals surface area (Å²) in [5, 5.41) is 0. The Balaban J connectivity index is 1.98. The Morgan fingerprint density at radius 2 is 1.95 bits per heavy atom. The summed E-state index contributed by atoms with van der Waals surface area (Å²) >= 11 is 0. The number of nitrogens with two attached hydrogens (primary N) is 1. The van der Waals surface area contributed by atoms with Crippen LogP contribution in [0, 0.1) is 17.7 Å². The minimum atomic E-state index is -0.593. The van der Waals surface area contributed by atoms with Crippen LogP contribution in [0.25, 0.3) is 0 Å². The van der Waals surface area contributed by atoms with Crippen molar-refractivity contribution in [2.75, 3.05) is 12.0 Å². The molecule has 1 fully saturated rings. The maximum absolute atomic E-state index is 12.8. The van der Waals surface area contributed by atoms with Crippen molar-refractivity contribution in [3.8, 4) is 0 Å². The van der Waals surface area contributed by atoms with Gasteiger partial charge in [-0.1, -0.05) is 13.8 Å². The number of nitrogens with one attached hydrogen (secondary N) is 2. The van der Waals surface area contributed by atoms with E-state index in [-0.39, 0.29) is 17.6 Å². The van der Waals surface area contributed by atoms with Crippen LogP contribution in [0.3, 0.4) is 0 Å². The van der Waals surface area contributed by atoms with Crippen LogP contribution in [0.15, 0.2) is 24.3 Å². The van der Waals surface area contributed by atoms with Crippen LogP contribution in [0.4, 0.5) is 14.9 Å². The number of likely N-dealkylation sites (tertiary alicyclic amines) is 1. The highest BCUT2D eigenvalue weighted by Crippen LogP contribution is 2.28. The number of amides is 3. The van der Waals surface area contributed by atoms with Gasteiger partial charge in [0, 0.05) is 6.54 Å². The van der Waals surface area contributed by atoms with E-state index in [1.54, 1.807) is 0 Å². The highest BCUT2D eigenvalue weighted by molar-refractivity contribution is 5.87. The minimum Gasteiger partial charge on any atom is -0.351 e. The fraction of sp³-hybridized carbons (Fsp3) is 0.467. The second-order valence-electron chi connectivity index (χ2n) is 5.87. The van der Waals surface area contributed by atoms with Crippen molar-refractivity contribution in [1.82, 2.24) is 10.3 Å². The molecule has 2 unspecified atom stereocenters. The van der Waals surface area contributed by atoms with Gasteiger partial charge in [-0.15, -0.1) is 0 Å². The van der Waals surface area contributed by atoms with Gasteiger partial charge in [-0.05, 0) is 42.5 Å². The Hall–Kier alpha value is -2.31. The molecule has 4 N–H and O–H groups in total. The molecule has 2 rings (SSSR count). The molecule has 22 heavy (non-hydrogen) atoms. The molecule has 1 heterocycles. The highest BCUT2D eigenvalue weighted by Gasteiger charge is 2.39. The van der Waals surface area contributed by atoms with Crippen LogP contribution in [0.2, 0.25) is 0 Å². The van der Waals surface area contributed by atoms with E-state index in [4.69, 9.17) is 5.73 Å². The molecule has 0 aliphatic carbocycles. The van der Waals surface area contributed by atoms with Crippen LogP contribution in [0.5, 0.6) is 0 Å². The van der Waals surface area contributed by atoms with Crippen molar-refractivity contribution in [2.45, 2.75) is 26.3 Å². The smallest absolute Gasteiger partial charge is 0.315 e. The third kappa shape index (κ3) is 3.66. The van der Waals surface area contributed by atoms with E-state index >= 15 is 0 Å². The summed E-state index contributed by atoms with van der Waals surface area (Å²) in [6, 6.07) is 4.41. The average Bonchev–Trinajstić information content (AvgIpc) is 2.92. The number of anilines is 1. The highest BCUT2D eigenvalue weighted by atomic mass is 19.1. The Morgan fingerprint density at radius 3 is 2.50 bits per heavy atom. The number of carbonyl (C=O) groups is 2. The van der Waals surface area contributed by atoms with Gasteiger partial charge in [0.15, 0.2) is 0 Å². The van der Waals surface area contributed by atoms with Crippen molar-refractivity contribution < 1.29 is 14.0 Å². The van der Waals surface area contributed by atoms with Gasteiger partial charge in [0.2, 0.25) is 0 Å². The number of rotatable bonds is 4. The molecule has 1 aromatic rings. The minimum absolute atomic E-state index is 0.245. The molecule has 1 aliphatic heterocycles. The number of nitrogens with zero attached hydrogens (tertiary/aromatic N) is 1. The number of halogens is 1. The summed E-state index contributed by atoms with van der Waals surface area (Å²) in [5.74, 6) is -0.0718. The van der Waals surface area contributed by atoms with E-state index < -0.39 is 12.1 Å². The molecule has 1 aliphatic rings. The van der Waals surface area contributed by atoms with E-state index in [2.05, 4.69) is 24.7 Å². The number of carbonyl (C=O) groups excluding carboxylic acids is 2. The quantitative estimate of drug-likeness (QED) is 0.740. The maximum Gasteiger partial charge on any atom is 0.315 e. The van der Waals surface area contributed by atoms with E-state index in [0.29, 0.717) is 24.6 Å². The van der Waals surface area contributed by atoms with Gasteiger partial charge in [0.05, 0.1) is 5.69 Å². The van der Waals surface area contributed by atoms with E-state index in [1.807, 2.05) is 0 Å². The maximum atomic E-state index is 12.8. The largest absolute Gasteiger partial charge is 0.351 e. The number of hydrogen-bond acceptors (Lipinski definition) is 3. The molecular formula is C15H21FN4O2. The Morgan fingerprint density at radius 1 is 1.32 bits per heavy atom. The Bertz CT molecular complexity index is 547. The summed E-state index contributed by atoms with van der Waals surface area (Å²) in [4.78, 5) is 25.2. The van der Waals surface area contributed by atoms with E-state index in [9.17, 15) is 14.0 Å². The van der Waals surface area contributed by atoms with Crippen LogP contribution < -0.4 is 16.6 Å². The fourth-order valence-corrected chi connectivity index (χ4v) is 2.59. The predicted octanol–water partition coefficient (Wildman–Crippen LogP) is 1.69. The lowest BCUT2D eigenvalue weighted by molar-refractivity contribution is -0.124. The first-order valence-corrected chi connectivity index (χ1v) is 7.26. The van der Waals surface area contributed by atoms with Gasteiger partial charge in [0.25, 0.3) is 5.91 Å². The zero-order chi connectivity index (χ0) is 16.3. The predicted molar refractivity (Wildman–Crippen MR) is 81.2 cm³/mol. The lowest BCUT2D eigenvalue weighted by atomic mass is 9.93. The Labute approximate surface area is 128 Å². The van der Waals surface area contributed by atoms with Gasteiger partial charge in [0.1, 0.15) is 11.9 Å². The molecular weight excluding hydrogens is 287 g/mol. The molecule has 1 aromatic carbocycles. The van der Waals surface area contributed by atoms with Crippen LogP contribution in [0.1, 0.15) is 20.3 Å². The van der Waals surface area contributed by atoms with E-state index in [1.165, 1.54) is 29.2 Å². The first kappa shape index (κ1) is 16.1. The van der Waals surface area contributed by atoms with Crippen molar-refractivity contribution in [1.29, 1.82) is 0 Å². The molecule has 6 nitrogen and oxygen atoms in total. The van der Waals surface area contributed by atoms with Crippen molar-refractivity contribution in [2.24, 2.45) is 17.6 Å². The van der Waals surface area contributed by atoms with Gasteiger partial charge >= 0.3 is 6.03 Å². The van der Waals surface area contributed by atoms with Crippen LogP contribution in [-0.4, -0.2) is 29.4 Å². The topological polar surface area (TPSA) is 87.5 Å². The number of benzene rings is 1. The van der Waals surface area contributed by atoms with Gasteiger partial charge in [-0.2, -0.15) is 0 Å². The molecule has 7 heteroatoms. The van der Waals surface area contributed by atoms with Gasteiger partial charge in [-0.3, -0.25) is 15.6 Å². The summed E-state index contributed by atoms with van der Waals surface area (Å²) in [6.45, 7) is 4.60. The summed E-state index contributed by atoms with van der Waals surface area (Å²) in [6.07, 6.45) is 0.581. The second kappa shape index (κ2) is 6.64. The SMILES string of the molecule is CC(C)C1CC(C(=O)NNc2ccc(F)cc2)N(C(N)=O)C1. The number of urea groups is 1. The first-order valence-electron chi connectivity index (χ1n) is 7.26. The summed E-state index contributed by atoms with van der Waals surface area (Å²) in [5.41, 5.74) is 11.2. The third-order valence-electron chi connectivity index (χ3n) is 4.04. The Kier molecular flexibility index (Phi) is 4.85. The molecule has 1 saturated heterocycles. The van der Waals surface area contributed by atoms with Crippen LogP contribution >= 0.6 is 0 Å². The lowest BCUT2D eigenvalue weighted by Crippen LogP contribution is -2.49. The van der Waals surface area contributed by atoms with Gasteiger partial charge < -0.3 is 10.6 Å². The normalized spacial score (nSPS) is 21.0. The van der Waals surface area contributed by atoms with Crippen molar-refractivity contribution in [3.05, 3.63) is 30.1 Å². The molecule has 0 bridgehead atoms. The standard InChI is InChI=1S/C15H21FN4O2/c1-9(2)10-7-13(20(8-10)15(17)22)14(21)19-18-12-5-3-11(16)4-6-12/h3-6,9-10,13,18H,7-8H2,1-2H3,(H2,17,22)(H,19,21). The van der Waals surface area contributed by atoms with Crippen molar-refractivity contribution in [3.63, 3.8) is 0 Å². The molecule has 2 atom stereocenters. The molecule has 0 aromatic heterocycles.